The summed E-state index contributed by atoms with van der Waals surface area (Å²) in [4.78, 5) is 13.9. The number of carboxylic acid groups (broad SMARTS) is 1. The van der Waals surface area contributed by atoms with Crippen molar-refractivity contribution in [2.75, 3.05) is 0 Å². The molecular formula is C8H6NO4S-. The van der Waals surface area contributed by atoms with Gasteiger partial charge in [-0.2, -0.15) is 0 Å². The maximum Gasteiger partial charge on any atom is 0.362 e. The first-order valence-corrected chi connectivity index (χ1v) is 4.65. The summed E-state index contributed by atoms with van der Waals surface area (Å²) in [5.74, 6) is -1.57. The molecular weight excluding hydrogens is 206 g/mol. The van der Waals surface area contributed by atoms with Crippen molar-refractivity contribution in [3.8, 4) is 0 Å². The largest absolute Gasteiger partial charge is 0.767 e. The number of carboxylic acids is 1. The van der Waals surface area contributed by atoms with Crippen molar-refractivity contribution in [3.63, 3.8) is 0 Å². The van der Waals surface area contributed by atoms with Crippen LogP contribution in [0.25, 0.3) is 0 Å². The second-order valence-electron chi connectivity index (χ2n) is 2.29. The predicted octanol–water partition coefficient (Wildman–Crippen LogP) is 0.680. The van der Waals surface area contributed by atoms with Crippen LogP contribution in [-0.4, -0.2) is 24.9 Å². The highest BCUT2D eigenvalue weighted by atomic mass is 32.2. The highest BCUT2D eigenvalue weighted by Crippen LogP contribution is 2.10. The Morgan fingerprint density at radius 3 is 2.36 bits per heavy atom. The lowest BCUT2D eigenvalue weighted by Crippen LogP contribution is -2.18. The van der Waals surface area contributed by atoms with Gasteiger partial charge in [0.2, 0.25) is 0 Å². The van der Waals surface area contributed by atoms with Gasteiger partial charge in [0.1, 0.15) is 0 Å². The van der Waals surface area contributed by atoms with E-state index in [1.54, 1.807) is 18.2 Å². The van der Waals surface area contributed by atoms with E-state index in [-0.39, 0.29) is 5.69 Å². The Balaban J connectivity index is 3.06. The Morgan fingerprint density at radius 2 is 1.93 bits per heavy atom. The monoisotopic (exact) mass is 212 g/mol. The van der Waals surface area contributed by atoms with E-state index in [0.29, 0.717) is 0 Å². The summed E-state index contributed by atoms with van der Waals surface area (Å²) < 4.78 is 20.9. The lowest BCUT2D eigenvalue weighted by atomic mass is 10.3. The third kappa shape index (κ3) is 2.75. The van der Waals surface area contributed by atoms with Gasteiger partial charge in [0.25, 0.3) is 0 Å². The molecule has 0 aliphatic heterocycles. The van der Waals surface area contributed by atoms with Crippen LogP contribution in [0, 0.1) is 0 Å². The van der Waals surface area contributed by atoms with Crippen molar-refractivity contribution in [3.05, 3.63) is 30.3 Å². The average molecular weight is 212 g/mol. The maximum absolute atomic E-state index is 10.4. The Bertz CT molecular complexity index is 372. The molecule has 6 heteroatoms. The minimum absolute atomic E-state index is 0.286. The number of para-hydroxylation sites is 1. The SMILES string of the molecule is O=C(O)C(=Nc1ccccc1)S(=O)[O-]. The van der Waals surface area contributed by atoms with Crippen LogP contribution < -0.4 is 0 Å². The van der Waals surface area contributed by atoms with Crippen LogP contribution in [0.15, 0.2) is 35.3 Å². The van der Waals surface area contributed by atoms with E-state index in [1.165, 1.54) is 12.1 Å². The molecule has 0 spiro atoms. The molecule has 0 aliphatic carbocycles. The fraction of sp³-hybridized carbons (Fsp3) is 0. The van der Waals surface area contributed by atoms with E-state index in [1.807, 2.05) is 0 Å². The summed E-state index contributed by atoms with van der Waals surface area (Å²) in [6, 6.07) is 8.00. The zero-order valence-corrected chi connectivity index (χ0v) is 7.73. The van der Waals surface area contributed by atoms with Crippen molar-refractivity contribution in [1.82, 2.24) is 0 Å². The summed E-state index contributed by atoms with van der Waals surface area (Å²) in [6.07, 6.45) is 0. The van der Waals surface area contributed by atoms with Crippen molar-refractivity contribution in [2.45, 2.75) is 0 Å². The fourth-order valence-corrected chi connectivity index (χ4v) is 1.10. The molecule has 74 valence electrons. The zero-order chi connectivity index (χ0) is 10.6. The molecule has 0 aromatic heterocycles. The number of rotatable bonds is 1. The molecule has 0 radical (unpaired) electrons. The number of hydrogen-bond donors (Lipinski definition) is 1. The lowest BCUT2D eigenvalue weighted by Gasteiger charge is -2.03. The average Bonchev–Trinajstić information content (AvgIpc) is 2.15. The normalized spacial score (nSPS) is 13.6. The third-order valence-corrected chi connectivity index (χ3v) is 1.91. The standard InChI is InChI=1S/C8H7NO4S/c10-8(11)7(14(12)13)9-6-4-2-1-3-5-6/h1-5H,(H,10,11)(H,12,13)/p-1. The van der Waals surface area contributed by atoms with Gasteiger partial charge in [0.15, 0.2) is 5.04 Å². The minimum atomic E-state index is -2.83. The van der Waals surface area contributed by atoms with E-state index >= 15 is 0 Å². The zero-order valence-electron chi connectivity index (χ0n) is 6.91. The van der Waals surface area contributed by atoms with Gasteiger partial charge in [-0.05, 0) is 12.1 Å². The molecule has 1 unspecified atom stereocenters. The molecule has 1 aromatic carbocycles. The van der Waals surface area contributed by atoms with Crippen LogP contribution in [-0.2, 0) is 15.9 Å². The number of benzene rings is 1. The van der Waals surface area contributed by atoms with E-state index in [4.69, 9.17) is 5.11 Å². The van der Waals surface area contributed by atoms with Gasteiger partial charge in [-0.1, -0.05) is 18.2 Å². The quantitative estimate of drug-likeness (QED) is 0.421. The van der Waals surface area contributed by atoms with E-state index in [0.717, 1.165) is 0 Å². The molecule has 1 atom stereocenters. The van der Waals surface area contributed by atoms with Gasteiger partial charge >= 0.3 is 5.97 Å². The number of hydrogen-bond acceptors (Lipinski definition) is 4. The van der Waals surface area contributed by atoms with Gasteiger partial charge in [0, 0.05) is 11.1 Å². The maximum atomic E-state index is 10.4. The van der Waals surface area contributed by atoms with Gasteiger partial charge in [-0.3, -0.25) is 4.21 Å². The molecule has 0 fully saturated rings. The molecule has 5 nitrogen and oxygen atoms in total. The second kappa shape index (κ2) is 4.64. The first kappa shape index (κ1) is 10.6. The topological polar surface area (TPSA) is 89.8 Å². The van der Waals surface area contributed by atoms with Crippen LogP contribution in [0.3, 0.4) is 0 Å². The van der Waals surface area contributed by atoms with Crippen LogP contribution in [0.2, 0.25) is 0 Å². The first-order chi connectivity index (χ1) is 6.61. The summed E-state index contributed by atoms with van der Waals surface area (Å²) >= 11 is -2.83. The molecule has 0 aliphatic rings. The number of carbonyl (C=O) groups is 1. The van der Waals surface area contributed by atoms with E-state index in [9.17, 15) is 13.6 Å². The van der Waals surface area contributed by atoms with E-state index < -0.39 is 22.1 Å². The van der Waals surface area contributed by atoms with Crippen LogP contribution >= 0.6 is 0 Å². The van der Waals surface area contributed by atoms with Gasteiger partial charge in [0.05, 0.1) is 5.69 Å². The number of aliphatic carboxylic acids is 1. The molecule has 0 saturated heterocycles. The molecule has 0 heterocycles. The second-order valence-corrected chi connectivity index (χ2v) is 3.15. The third-order valence-electron chi connectivity index (χ3n) is 1.33. The molecule has 1 rings (SSSR count). The summed E-state index contributed by atoms with van der Waals surface area (Å²) in [6.45, 7) is 0. The van der Waals surface area contributed by atoms with Crippen LogP contribution in [0.5, 0.6) is 0 Å². The minimum Gasteiger partial charge on any atom is -0.767 e. The van der Waals surface area contributed by atoms with Gasteiger partial charge < -0.3 is 9.66 Å². The molecule has 0 bridgehead atoms. The van der Waals surface area contributed by atoms with E-state index in [2.05, 4.69) is 4.99 Å². The molecule has 1 N–H and O–H groups in total. The van der Waals surface area contributed by atoms with Gasteiger partial charge in [-0.15, -0.1) is 0 Å². The summed E-state index contributed by atoms with van der Waals surface area (Å²) in [7, 11) is 0. The highest BCUT2D eigenvalue weighted by molar-refractivity contribution is 7.97. The summed E-state index contributed by atoms with van der Waals surface area (Å²) in [5.41, 5.74) is 0.286. The van der Waals surface area contributed by atoms with Gasteiger partial charge in [-0.25, -0.2) is 9.79 Å². The number of nitrogens with zero attached hydrogens (tertiary/aromatic N) is 1. The molecule has 0 saturated carbocycles. The van der Waals surface area contributed by atoms with Crippen LogP contribution in [0.4, 0.5) is 5.69 Å². The highest BCUT2D eigenvalue weighted by Gasteiger charge is 2.09. The van der Waals surface area contributed by atoms with Crippen molar-refractivity contribution in [1.29, 1.82) is 0 Å². The predicted molar refractivity (Wildman–Crippen MR) is 50.1 cm³/mol. The smallest absolute Gasteiger partial charge is 0.362 e. The summed E-state index contributed by atoms with van der Waals surface area (Å²) in [5, 5.41) is 7.59. The first-order valence-electron chi connectivity index (χ1n) is 3.57. The van der Waals surface area contributed by atoms with Crippen molar-refractivity contribution < 1.29 is 18.7 Å². The Hall–Kier alpha value is -1.53. The van der Waals surface area contributed by atoms with Crippen LogP contribution in [0.1, 0.15) is 0 Å². The lowest BCUT2D eigenvalue weighted by molar-refractivity contribution is -0.129. The van der Waals surface area contributed by atoms with Crippen molar-refractivity contribution >= 4 is 27.8 Å². The Labute approximate surface area is 82.4 Å². The number of aliphatic imine (C=N–C) groups is 1. The molecule has 14 heavy (non-hydrogen) atoms. The Kier molecular flexibility index (Phi) is 3.49. The molecule has 1 aromatic rings. The molecule has 0 amide bonds. The Morgan fingerprint density at radius 1 is 1.36 bits per heavy atom. The fourth-order valence-electron chi connectivity index (χ4n) is 0.776. The van der Waals surface area contributed by atoms with Crippen molar-refractivity contribution in [2.24, 2.45) is 4.99 Å².